The molecule has 1 aliphatic rings. The first-order chi connectivity index (χ1) is 14.0. The largest absolute Gasteiger partial charge is 0.349 e. The number of carbonyl (C=O) groups excluding carboxylic acids is 1. The van der Waals surface area contributed by atoms with Crippen LogP contribution in [0.2, 0.25) is 0 Å². The molecule has 1 saturated carbocycles. The lowest BCUT2D eigenvalue weighted by Crippen LogP contribution is -2.31. The van der Waals surface area contributed by atoms with Gasteiger partial charge in [0.05, 0.1) is 17.1 Å². The molecule has 0 aliphatic heterocycles. The normalized spacial score (nSPS) is 13.7. The summed E-state index contributed by atoms with van der Waals surface area (Å²) in [5.41, 5.74) is 1.80. The molecule has 0 atom stereocenters. The van der Waals surface area contributed by atoms with Crippen LogP contribution in [0.3, 0.4) is 0 Å². The van der Waals surface area contributed by atoms with Crippen LogP contribution < -0.4 is 9.62 Å². The molecule has 0 bridgehead atoms. The lowest BCUT2D eigenvalue weighted by atomic mass is 10.2. The zero-order valence-corrected chi connectivity index (χ0v) is 16.7. The average molecular weight is 407 g/mol. The van der Waals surface area contributed by atoms with E-state index in [-0.39, 0.29) is 23.4 Å². The fourth-order valence-corrected chi connectivity index (χ4v) is 4.58. The minimum Gasteiger partial charge on any atom is -0.349 e. The van der Waals surface area contributed by atoms with Gasteiger partial charge in [0.1, 0.15) is 0 Å². The first-order valence-corrected chi connectivity index (χ1v) is 11.0. The molecule has 0 heterocycles. The van der Waals surface area contributed by atoms with Crippen molar-refractivity contribution in [2.75, 3.05) is 4.31 Å². The highest BCUT2D eigenvalue weighted by molar-refractivity contribution is 7.92. The lowest BCUT2D eigenvalue weighted by molar-refractivity contribution is 0.0951. The van der Waals surface area contributed by atoms with Crippen molar-refractivity contribution in [3.8, 4) is 0 Å². The van der Waals surface area contributed by atoms with E-state index >= 15 is 0 Å². The summed E-state index contributed by atoms with van der Waals surface area (Å²) >= 11 is 0. The molecule has 0 aromatic heterocycles. The summed E-state index contributed by atoms with van der Waals surface area (Å²) in [6, 6.07) is 24.9. The highest BCUT2D eigenvalue weighted by Gasteiger charge is 2.27. The molecule has 0 unspecified atom stereocenters. The molecule has 1 amide bonds. The third kappa shape index (κ3) is 4.49. The van der Waals surface area contributed by atoms with Gasteiger partial charge in [-0.3, -0.25) is 9.10 Å². The van der Waals surface area contributed by atoms with Gasteiger partial charge < -0.3 is 5.32 Å². The van der Waals surface area contributed by atoms with Gasteiger partial charge in [0.25, 0.3) is 15.9 Å². The van der Waals surface area contributed by atoms with Crippen LogP contribution in [-0.4, -0.2) is 20.4 Å². The maximum atomic E-state index is 13.5. The first kappa shape index (κ1) is 19.2. The standard InChI is InChI=1S/C23H22N2O3S/c26-23(24-20-14-15-20)19-10-7-13-22(16-19)29(27,28)25(21-11-5-2-6-12-21)17-18-8-3-1-4-9-18/h1-13,16,20H,14-15,17H2,(H,24,26). The van der Waals surface area contributed by atoms with Crippen LogP contribution in [0.4, 0.5) is 5.69 Å². The van der Waals surface area contributed by atoms with Crippen molar-refractivity contribution in [1.82, 2.24) is 5.32 Å². The Bertz CT molecular complexity index is 1100. The molecule has 1 aliphatic carbocycles. The van der Waals surface area contributed by atoms with E-state index in [1.807, 2.05) is 48.5 Å². The van der Waals surface area contributed by atoms with Crippen molar-refractivity contribution in [3.63, 3.8) is 0 Å². The van der Waals surface area contributed by atoms with Gasteiger partial charge in [0, 0.05) is 11.6 Å². The topological polar surface area (TPSA) is 66.5 Å². The smallest absolute Gasteiger partial charge is 0.264 e. The van der Waals surface area contributed by atoms with E-state index < -0.39 is 10.0 Å². The van der Waals surface area contributed by atoms with E-state index in [1.54, 1.807) is 24.3 Å². The first-order valence-electron chi connectivity index (χ1n) is 9.57. The lowest BCUT2D eigenvalue weighted by Gasteiger charge is -2.25. The Morgan fingerprint density at radius 2 is 1.55 bits per heavy atom. The highest BCUT2D eigenvalue weighted by Crippen LogP contribution is 2.27. The zero-order valence-electron chi connectivity index (χ0n) is 15.9. The summed E-state index contributed by atoms with van der Waals surface area (Å²) < 4.78 is 28.5. The number of nitrogens with zero attached hydrogens (tertiary/aromatic N) is 1. The second-order valence-corrected chi connectivity index (χ2v) is 8.97. The zero-order chi connectivity index (χ0) is 20.3. The van der Waals surface area contributed by atoms with Gasteiger partial charge in [-0.15, -0.1) is 0 Å². The van der Waals surface area contributed by atoms with Crippen molar-refractivity contribution in [2.45, 2.75) is 30.3 Å². The van der Waals surface area contributed by atoms with Crippen LogP contribution in [0.15, 0.2) is 89.8 Å². The average Bonchev–Trinajstić information content (AvgIpc) is 3.57. The van der Waals surface area contributed by atoms with Crippen LogP contribution in [0, 0.1) is 0 Å². The van der Waals surface area contributed by atoms with Crippen LogP contribution in [0.5, 0.6) is 0 Å². The Kier molecular flexibility index (Phi) is 5.36. The highest BCUT2D eigenvalue weighted by atomic mass is 32.2. The van der Waals surface area contributed by atoms with Crippen LogP contribution in [-0.2, 0) is 16.6 Å². The number of amides is 1. The third-order valence-electron chi connectivity index (χ3n) is 4.81. The van der Waals surface area contributed by atoms with Gasteiger partial charge in [0.2, 0.25) is 0 Å². The fourth-order valence-electron chi connectivity index (χ4n) is 3.08. The Hall–Kier alpha value is -3.12. The molecular weight excluding hydrogens is 384 g/mol. The second kappa shape index (κ2) is 8.09. The molecule has 4 rings (SSSR count). The molecule has 29 heavy (non-hydrogen) atoms. The van der Waals surface area contributed by atoms with E-state index in [0.717, 1.165) is 18.4 Å². The van der Waals surface area contributed by atoms with Crippen molar-refractivity contribution < 1.29 is 13.2 Å². The quantitative estimate of drug-likeness (QED) is 0.646. The maximum Gasteiger partial charge on any atom is 0.264 e. The summed E-state index contributed by atoms with van der Waals surface area (Å²) in [7, 11) is -3.87. The molecule has 3 aromatic rings. The molecule has 6 heteroatoms. The molecular formula is C23H22N2O3S. The maximum absolute atomic E-state index is 13.5. The number of carbonyl (C=O) groups is 1. The summed E-state index contributed by atoms with van der Waals surface area (Å²) in [5.74, 6) is -0.237. The predicted octanol–water partition coefficient (Wildman–Crippen LogP) is 3.97. The minimum atomic E-state index is -3.87. The molecule has 148 valence electrons. The van der Waals surface area contributed by atoms with E-state index in [2.05, 4.69) is 5.32 Å². The monoisotopic (exact) mass is 406 g/mol. The number of nitrogens with one attached hydrogen (secondary N) is 1. The summed E-state index contributed by atoms with van der Waals surface area (Å²) in [4.78, 5) is 12.5. The van der Waals surface area contributed by atoms with Gasteiger partial charge in [-0.25, -0.2) is 8.42 Å². The summed E-state index contributed by atoms with van der Waals surface area (Å²) in [6.07, 6.45) is 1.95. The van der Waals surface area contributed by atoms with Gasteiger partial charge >= 0.3 is 0 Å². The number of sulfonamides is 1. The van der Waals surface area contributed by atoms with Crippen LogP contribution in [0.25, 0.3) is 0 Å². The molecule has 3 aromatic carbocycles. The Balaban J connectivity index is 1.70. The van der Waals surface area contributed by atoms with Gasteiger partial charge in [-0.2, -0.15) is 0 Å². The molecule has 1 N–H and O–H groups in total. The number of hydrogen-bond acceptors (Lipinski definition) is 3. The SMILES string of the molecule is O=C(NC1CC1)c1cccc(S(=O)(=O)N(Cc2ccccc2)c2ccccc2)c1. The van der Waals surface area contributed by atoms with E-state index in [1.165, 1.54) is 16.4 Å². The molecule has 1 fully saturated rings. The summed E-state index contributed by atoms with van der Waals surface area (Å²) in [5, 5.41) is 2.90. The number of anilines is 1. The van der Waals surface area contributed by atoms with Crippen molar-refractivity contribution >= 4 is 21.6 Å². The second-order valence-electron chi connectivity index (χ2n) is 7.11. The number of para-hydroxylation sites is 1. The fraction of sp³-hybridized carbons (Fsp3) is 0.174. The van der Waals surface area contributed by atoms with E-state index in [0.29, 0.717) is 11.3 Å². The minimum absolute atomic E-state index is 0.0979. The van der Waals surface area contributed by atoms with E-state index in [4.69, 9.17) is 0 Å². The van der Waals surface area contributed by atoms with Crippen molar-refractivity contribution in [1.29, 1.82) is 0 Å². The Morgan fingerprint density at radius 1 is 0.897 bits per heavy atom. The summed E-state index contributed by atoms with van der Waals surface area (Å²) in [6.45, 7) is 0.200. The van der Waals surface area contributed by atoms with Gasteiger partial charge in [-0.05, 0) is 48.7 Å². The number of rotatable bonds is 7. The Labute approximate surface area is 171 Å². The van der Waals surface area contributed by atoms with Crippen LogP contribution in [0.1, 0.15) is 28.8 Å². The number of hydrogen-bond donors (Lipinski definition) is 1. The molecule has 0 radical (unpaired) electrons. The number of benzene rings is 3. The van der Waals surface area contributed by atoms with Gasteiger partial charge in [-0.1, -0.05) is 54.6 Å². The van der Waals surface area contributed by atoms with Crippen molar-refractivity contribution in [2.24, 2.45) is 0 Å². The van der Waals surface area contributed by atoms with Gasteiger partial charge in [0.15, 0.2) is 0 Å². The Morgan fingerprint density at radius 3 is 2.21 bits per heavy atom. The molecule has 5 nitrogen and oxygen atoms in total. The molecule has 0 spiro atoms. The molecule has 0 saturated heterocycles. The van der Waals surface area contributed by atoms with Crippen LogP contribution >= 0.6 is 0 Å². The van der Waals surface area contributed by atoms with E-state index in [9.17, 15) is 13.2 Å². The third-order valence-corrected chi connectivity index (χ3v) is 6.58. The van der Waals surface area contributed by atoms with Crippen molar-refractivity contribution in [3.05, 3.63) is 96.1 Å². The predicted molar refractivity (Wildman–Crippen MR) is 113 cm³/mol.